The molecule has 1 aromatic carbocycles. The summed E-state index contributed by atoms with van der Waals surface area (Å²) >= 11 is 0. The summed E-state index contributed by atoms with van der Waals surface area (Å²) in [6.07, 6.45) is 0. The van der Waals surface area contributed by atoms with Gasteiger partial charge in [0.2, 0.25) is 12.5 Å². The highest BCUT2D eigenvalue weighted by Gasteiger charge is 2.23. The maximum Gasteiger partial charge on any atom is 0.261 e. The third-order valence-electron chi connectivity index (χ3n) is 1.91. The molecule has 82 valence electrons. The molecule has 0 bridgehead atoms. The second-order valence-electron chi connectivity index (χ2n) is 2.80. The lowest BCUT2D eigenvalue weighted by Crippen LogP contribution is -1.94. The number of hydrogen-bond acceptors (Lipinski definition) is 5. The van der Waals surface area contributed by atoms with Crippen LogP contribution in [0.15, 0.2) is 17.0 Å². The second-order valence-corrected chi connectivity index (χ2v) is 5.36. The van der Waals surface area contributed by atoms with Gasteiger partial charge in [0, 0.05) is 22.8 Å². The van der Waals surface area contributed by atoms with E-state index < -0.39 is 9.05 Å². The summed E-state index contributed by atoms with van der Waals surface area (Å²) in [6.45, 7) is 0.0392. The highest BCUT2D eigenvalue weighted by Crippen LogP contribution is 2.43. The summed E-state index contributed by atoms with van der Waals surface area (Å²) in [7, 11) is 2.81. The fraction of sp³-hybridized carbons (Fsp3) is 0.250. The zero-order chi connectivity index (χ0) is 11.1. The van der Waals surface area contributed by atoms with Gasteiger partial charge in [-0.3, -0.25) is 0 Å². The molecule has 0 aromatic heterocycles. The number of methoxy groups -OCH3 is 1. The Morgan fingerprint density at radius 1 is 1.40 bits per heavy atom. The van der Waals surface area contributed by atoms with Crippen molar-refractivity contribution in [3.8, 4) is 17.2 Å². The average molecular weight is 251 g/mol. The Morgan fingerprint density at radius 2 is 2.13 bits per heavy atom. The van der Waals surface area contributed by atoms with E-state index in [1.165, 1.54) is 19.2 Å². The maximum absolute atomic E-state index is 11.1. The van der Waals surface area contributed by atoms with E-state index in [0.29, 0.717) is 11.5 Å². The van der Waals surface area contributed by atoms with Crippen molar-refractivity contribution >= 4 is 19.7 Å². The zero-order valence-corrected chi connectivity index (χ0v) is 9.26. The minimum absolute atomic E-state index is 0.0392. The lowest BCUT2D eigenvalue weighted by Gasteiger charge is -2.05. The minimum atomic E-state index is -3.80. The molecule has 0 saturated heterocycles. The fourth-order valence-electron chi connectivity index (χ4n) is 1.25. The summed E-state index contributed by atoms with van der Waals surface area (Å²) in [6, 6.07) is 2.59. The first-order valence-electron chi connectivity index (χ1n) is 3.94. The van der Waals surface area contributed by atoms with Crippen LogP contribution in [0.5, 0.6) is 17.2 Å². The minimum Gasteiger partial charge on any atom is -0.493 e. The first-order valence-corrected chi connectivity index (χ1v) is 6.25. The Labute approximate surface area is 90.9 Å². The van der Waals surface area contributed by atoms with Crippen LogP contribution in [0.3, 0.4) is 0 Å². The zero-order valence-electron chi connectivity index (χ0n) is 7.69. The van der Waals surface area contributed by atoms with Gasteiger partial charge in [-0.05, 0) is 0 Å². The van der Waals surface area contributed by atoms with Gasteiger partial charge < -0.3 is 14.2 Å². The van der Waals surface area contributed by atoms with Gasteiger partial charge in [-0.25, -0.2) is 8.42 Å². The Bertz CT molecular complexity index is 496. The van der Waals surface area contributed by atoms with Crippen molar-refractivity contribution in [1.82, 2.24) is 0 Å². The third kappa shape index (κ3) is 1.82. The summed E-state index contributed by atoms with van der Waals surface area (Å²) in [5.41, 5.74) is 0. The summed E-state index contributed by atoms with van der Waals surface area (Å²) < 4.78 is 37.3. The van der Waals surface area contributed by atoms with Gasteiger partial charge >= 0.3 is 0 Å². The van der Waals surface area contributed by atoms with E-state index in [9.17, 15) is 8.42 Å². The van der Waals surface area contributed by atoms with Crippen LogP contribution in [-0.4, -0.2) is 22.3 Å². The quantitative estimate of drug-likeness (QED) is 0.742. The van der Waals surface area contributed by atoms with Gasteiger partial charge in [-0.15, -0.1) is 0 Å². The van der Waals surface area contributed by atoms with E-state index in [2.05, 4.69) is 0 Å². The molecule has 0 radical (unpaired) electrons. The van der Waals surface area contributed by atoms with Crippen molar-refractivity contribution in [3.63, 3.8) is 0 Å². The number of benzene rings is 1. The molecule has 0 spiro atoms. The molecular formula is C8H7ClO5S. The molecule has 1 aromatic rings. The molecule has 0 atom stereocenters. The molecule has 0 fully saturated rings. The SMILES string of the molecule is COc1cc(S(=O)(=O)Cl)cc2c1OCO2. The van der Waals surface area contributed by atoms with E-state index >= 15 is 0 Å². The smallest absolute Gasteiger partial charge is 0.261 e. The number of rotatable bonds is 2. The second kappa shape index (κ2) is 3.46. The Kier molecular flexibility index (Phi) is 2.40. The predicted molar refractivity (Wildman–Crippen MR) is 52.2 cm³/mol. The molecule has 0 amide bonds. The molecule has 0 N–H and O–H groups in total. The molecule has 1 aliphatic rings. The molecular weight excluding hydrogens is 244 g/mol. The highest BCUT2D eigenvalue weighted by atomic mass is 35.7. The number of halogens is 1. The van der Waals surface area contributed by atoms with Crippen molar-refractivity contribution in [2.45, 2.75) is 4.90 Å². The lowest BCUT2D eigenvalue weighted by molar-refractivity contribution is 0.171. The van der Waals surface area contributed by atoms with Crippen molar-refractivity contribution in [2.24, 2.45) is 0 Å². The Hall–Kier alpha value is -1.14. The van der Waals surface area contributed by atoms with Gasteiger partial charge in [0.05, 0.1) is 12.0 Å². The van der Waals surface area contributed by atoms with E-state index in [4.69, 9.17) is 24.9 Å². The summed E-state index contributed by atoms with van der Waals surface area (Å²) in [5, 5.41) is 0. The van der Waals surface area contributed by atoms with Gasteiger partial charge in [0.15, 0.2) is 11.5 Å². The molecule has 15 heavy (non-hydrogen) atoms. The summed E-state index contributed by atoms with van der Waals surface area (Å²) in [4.78, 5) is -0.0785. The van der Waals surface area contributed by atoms with Crippen molar-refractivity contribution in [3.05, 3.63) is 12.1 Å². The van der Waals surface area contributed by atoms with Gasteiger partial charge in [-0.2, -0.15) is 0 Å². The predicted octanol–water partition coefficient (Wildman–Crippen LogP) is 1.35. The number of fused-ring (bicyclic) bond motifs is 1. The number of hydrogen-bond donors (Lipinski definition) is 0. The molecule has 0 aliphatic carbocycles. The largest absolute Gasteiger partial charge is 0.493 e. The van der Waals surface area contributed by atoms with E-state index in [1.807, 2.05) is 0 Å². The monoisotopic (exact) mass is 250 g/mol. The van der Waals surface area contributed by atoms with E-state index in [0.717, 1.165) is 0 Å². The standard InChI is InChI=1S/C8H7ClO5S/c1-12-6-2-5(15(9,10)11)3-7-8(6)14-4-13-7/h2-3H,4H2,1H3. The van der Waals surface area contributed by atoms with Crippen LogP contribution in [0.1, 0.15) is 0 Å². The Morgan fingerprint density at radius 3 is 2.73 bits per heavy atom. The fourth-order valence-corrected chi connectivity index (χ4v) is 2.01. The maximum atomic E-state index is 11.1. The first-order chi connectivity index (χ1) is 7.02. The molecule has 1 aliphatic heterocycles. The Balaban J connectivity index is 2.63. The van der Waals surface area contributed by atoms with E-state index in [1.54, 1.807) is 0 Å². The molecule has 1 heterocycles. The summed E-state index contributed by atoms with van der Waals surface area (Å²) in [5.74, 6) is 0.986. The van der Waals surface area contributed by atoms with Crippen molar-refractivity contribution in [1.29, 1.82) is 0 Å². The van der Waals surface area contributed by atoms with Crippen molar-refractivity contribution in [2.75, 3.05) is 13.9 Å². The van der Waals surface area contributed by atoms with Crippen LogP contribution in [0.25, 0.3) is 0 Å². The van der Waals surface area contributed by atoms with Gasteiger partial charge in [0.25, 0.3) is 9.05 Å². The van der Waals surface area contributed by atoms with Gasteiger partial charge in [0.1, 0.15) is 0 Å². The third-order valence-corrected chi connectivity index (χ3v) is 3.25. The van der Waals surface area contributed by atoms with Crippen molar-refractivity contribution < 1.29 is 22.6 Å². The van der Waals surface area contributed by atoms with E-state index in [-0.39, 0.29) is 17.4 Å². The first kappa shape index (κ1) is 10.4. The van der Waals surface area contributed by atoms with Crippen LogP contribution in [0.4, 0.5) is 0 Å². The van der Waals surface area contributed by atoms with Crippen LogP contribution in [0.2, 0.25) is 0 Å². The van der Waals surface area contributed by atoms with Crippen LogP contribution in [0, 0.1) is 0 Å². The topological polar surface area (TPSA) is 61.8 Å². The lowest BCUT2D eigenvalue weighted by atomic mass is 10.3. The molecule has 0 saturated carbocycles. The average Bonchev–Trinajstić information content (AvgIpc) is 2.62. The van der Waals surface area contributed by atoms with Gasteiger partial charge in [-0.1, -0.05) is 0 Å². The normalized spacial score (nSPS) is 14.0. The number of ether oxygens (including phenoxy) is 3. The van der Waals surface area contributed by atoms with Crippen LogP contribution < -0.4 is 14.2 Å². The molecule has 5 nitrogen and oxygen atoms in total. The molecule has 7 heteroatoms. The van der Waals surface area contributed by atoms with Crippen LogP contribution >= 0.6 is 10.7 Å². The molecule has 0 unspecified atom stereocenters. The highest BCUT2D eigenvalue weighted by molar-refractivity contribution is 8.13. The van der Waals surface area contributed by atoms with Crippen LogP contribution in [-0.2, 0) is 9.05 Å². The molecule has 2 rings (SSSR count).